The maximum Gasteiger partial charge on any atom is 0.145 e. The van der Waals surface area contributed by atoms with Crippen LogP contribution in [0.3, 0.4) is 0 Å². The third-order valence-electron chi connectivity index (χ3n) is 2.87. The largest absolute Gasteiger partial charge is 0.494 e. The van der Waals surface area contributed by atoms with E-state index in [2.05, 4.69) is 32.2 Å². The minimum absolute atomic E-state index is 0.708. The number of rotatable bonds is 5. The van der Waals surface area contributed by atoms with Crippen molar-refractivity contribution in [2.24, 2.45) is 5.73 Å². The van der Waals surface area contributed by atoms with Gasteiger partial charge in [0.15, 0.2) is 0 Å². The van der Waals surface area contributed by atoms with Gasteiger partial charge in [-0.1, -0.05) is 6.07 Å². The first-order chi connectivity index (χ1) is 7.61. The van der Waals surface area contributed by atoms with Gasteiger partial charge in [0.2, 0.25) is 0 Å². The van der Waals surface area contributed by atoms with E-state index in [0.717, 1.165) is 24.4 Å². The molecule has 16 heavy (non-hydrogen) atoms. The molecule has 0 amide bonds. The van der Waals surface area contributed by atoms with Crippen LogP contribution >= 0.6 is 0 Å². The lowest BCUT2D eigenvalue weighted by molar-refractivity contribution is 0.412. The second-order valence-electron chi connectivity index (χ2n) is 4.11. The van der Waals surface area contributed by atoms with E-state index in [1.54, 1.807) is 7.11 Å². The third-order valence-corrected chi connectivity index (χ3v) is 2.87. The molecule has 1 aromatic rings. The molecule has 1 aromatic carbocycles. The lowest BCUT2D eigenvalue weighted by Gasteiger charge is -2.17. The van der Waals surface area contributed by atoms with E-state index in [4.69, 9.17) is 10.5 Å². The van der Waals surface area contributed by atoms with Crippen LogP contribution in [-0.4, -0.2) is 20.2 Å². The molecule has 0 fully saturated rings. The second-order valence-corrected chi connectivity index (χ2v) is 4.11. The summed E-state index contributed by atoms with van der Waals surface area (Å²) in [5.74, 6) is 0.953. The minimum Gasteiger partial charge on any atom is -0.494 e. The number of ether oxygens (including phenoxy) is 1. The Hall–Kier alpha value is -1.22. The Kier molecular flexibility index (Phi) is 4.62. The summed E-state index contributed by atoms with van der Waals surface area (Å²) in [4.78, 5) is 0. The van der Waals surface area contributed by atoms with Gasteiger partial charge in [-0.15, -0.1) is 0 Å². The van der Waals surface area contributed by atoms with Gasteiger partial charge in [0.05, 0.1) is 12.8 Å². The van der Waals surface area contributed by atoms with Gasteiger partial charge in [-0.2, -0.15) is 0 Å². The van der Waals surface area contributed by atoms with Crippen LogP contribution in [-0.2, 0) is 0 Å². The third kappa shape index (κ3) is 2.67. The van der Waals surface area contributed by atoms with Crippen molar-refractivity contribution in [3.8, 4) is 5.75 Å². The molecule has 90 valence electrons. The quantitative estimate of drug-likeness (QED) is 0.752. The number of hydrogen-bond acceptors (Lipinski definition) is 3. The number of nitrogens with one attached hydrogen (secondary N) is 1. The highest BCUT2D eigenvalue weighted by molar-refractivity contribution is 5.66. The second kappa shape index (κ2) is 5.75. The topological polar surface area (TPSA) is 47.3 Å². The molecule has 0 spiro atoms. The summed E-state index contributed by atoms with van der Waals surface area (Å²) in [7, 11) is 1.72. The van der Waals surface area contributed by atoms with Gasteiger partial charge in [-0.3, -0.25) is 0 Å². The first-order valence-corrected chi connectivity index (χ1v) is 5.70. The van der Waals surface area contributed by atoms with Crippen molar-refractivity contribution >= 4 is 5.69 Å². The molecule has 0 saturated heterocycles. The summed E-state index contributed by atoms with van der Waals surface area (Å²) in [5.41, 5.74) is 10.3. The number of anilines is 1. The zero-order valence-corrected chi connectivity index (χ0v) is 10.7. The molecule has 0 aromatic heterocycles. The van der Waals surface area contributed by atoms with E-state index in [9.17, 15) is 0 Å². The Morgan fingerprint density at radius 3 is 2.50 bits per heavy atom. The van der Waals surface area contributed by atoms with Crippen molar-refractivity contribution < 1.29 is 4.74 Å². The fourth-order valence-electron chi connectivity index (χ4n) is 1.84. The maximum atomic E-state index is 5.48. The summed E-state index contributed by atoms with van der Waals surface area (Å²) in [6.45, 7) is 7.88. The molecule has 0 aliphatic heterocycles. The number of nitrogens with two attached hydrogens (primary N) is 1. The smallest absolute Gasteiger partial charge is 0.145 e. The molecule has 0 radical (unpaired) electrons. The van der Waals surface area contributed by atoms with Crippen LogP contribution in [0.5, 0.6) is 5.75 Å². The predicted octanol–water partition coefficient (Wildman–Crippen LogP) is 2.38. The summed E-state index contributed by atoms with van der Waals surface area (Å²) in [5, 5.41) is 3.40. The van der Waals surface area contributed by atoms with Crippen LogP contribution < -0.4 is 15.8 Å². The van der Waals surface area contributed by atoms with Crippen molar-refractivity contribution in [1.29, 1.82) is 0 Å². The van der Waals surface area contributed by atoms with E-state index in [-0.39, 0.29) is 0 Å². The molecule has 3 nitrogen and oxygen atoms in total. The Labute approximate surface area is 98.0 Å². The van der Waals surface area contributed by atoms with Crippen LogP contribution in [0.4, 0.5) is 5.69 Å². The Morgan fingerprint density at radius 1 is 1.25 bits per heavy atom. The Morgan fingerprint density at radius 2 is 1.94 bits per heavy atom. The van der Waals surface area contributed by atoms with Crippen LogP contribution in [0.25, 0.3) is 0 Å². The van der Waals surface area contributed by atoms with Crippen LogP contribution in [0.15, 0.2) is 6.07 Å². The van der Waals surface area contributed by atoms with Crippen molar-refractivity contribution in [1.82, 2.24) is 0 Å². The van der Waals surface area contributed by atoms with E-state index in [1.807, 2.05) is 0 Å². The SMILES string of the molecule is COc1c(C)c(C)cc(C)c1NCCCN. The van der Waals surface area contributed by atoms with Gasteiger partial charge in [0.1, 0.15) is 5.75 Å². The average molecular weight is 222 g/mol. The predicted molar refractivity (Wildman–Crippen MR) is 69.4 cm³/mol. The first kappa shape index (κ1) is 12.8. The number of methoxy groups -OCH3 is 1. The zero-order chi connectivity index (χ0) is 12.1. The number of hydrogen-bond donors (Lipinski definition) is 2. The maximum absolute atomic E-state index is 5.48. The van der Waals surface area contributed by atoms with Gasteiger partial charge in [-0.25, -0.2) is 0 Å². The lowest BCUT2D eigenvalue weighted by atomic mass is 10.0. The van der Waals surface area contributed by atoms with Crippen LogP contribution in [0, 0.1) is 20.8 Å². The van der Waals surface area contributed by atoms with E-state index < -0.39 is 0 Å². The van der Waals surface area contributed by atoms with Crippen molar-refractivity contribution in [3.05, 3.63) is 22.8 Å². The zero-order valence-electron chi connectivity index (χ0n) is 10.7. The molecule has 0 aliphatic carbocycles. The van der Waals surface area contributed by atoms with Crippen molar-refractivity contribution in [2.45, 2.75) is 27.2 Å². The summed E-state index contributed by atoms with van der Waals surface area (Å²) >= 11 is 0. The van der Waals surface area contributed by atoms with Gasteiger partial charge in [-0.05, 0) is 50.4 Å². The van der Waals surface area contributed by atoms with E-state index >= 15 is 0 Å². The van der Waals surface area contributed by atoms with Gasteiger partial charge < -0.3 is 15.8 Å². The molecular weight excluding hydrogens is 200 g/mol. The lowest BCUT2D eigenvalue weighted by Crippen LogP contribution is -2.10. The monoisotopic (exact) mass is 222 g/mol. The fraction of sp³-hybridized carbons (Fsp3) is 0.538. The highest BCUT2D eigenvalue weighted by Gasteiger charge is 2.11. The summed E-state index contributed by atoms with van der Waals surface area (Å²) in [6.07, 6.45) is 0.968. The van der Waals surface area contributed by atoms with Gasteiger partial charge in [0.25, 0.3) is 0 Å². The standard InChI is InChI=1S/C13H22N2O/c1-9-8-10(2)12(15-7-5-6-14)13(16-4)11(9)3/h8,15H,5-7,14H2,1-4H3. The minimum atomic E-state index is 0.708. The van der Waals surface area contributed by atoms with Crippen molar-refractivity contribution in [3.63, 3.8) is 0 Å². The van der Waals surface area contributed by atoms with Gasteiger partial charge >= 0.3 is 0 Å². The molecular formula is C13H22N2O. The van der Waals surface area contributed by atoms with Crippen LogP contribution in [0.2, 0.25) is 0 Å². The molecule has 0 heterocycles. The molecule has 0 aliphatic rings. The Balaban J connectivity index is 3.01. The molecule has 3 heteroatoms. The molecule has 3 N–H and O–H groups in total. The number of benzene rings is 1. The fourth-order valence-corrected chi connectivity index (χ4v) is 1.84. The molecule has 0 unspecified atom stereocenters. The van der Waals surface area contributed by atoms with E-state index in [0.29, 0.717) is 6.54 Å². The van der Waals surface area contributed by atoms with E-state index in [1.165, 1.54) is 16.7 Å². The highest BCUT2D eigenvalue weighted by Crippen LogP contribution is 2.33. The first-order valence-electron chi connectivity index (χ1n) is 5.70. The Bertz CT molecular complexity index is 361. The van der Waals surface area contributed by atoms with Crippen LogP contribution in [0.1, 0.15) is 23.1 Å². The van der Waals surface area contributed by atoms with Crippen molar-refractivity contribution in [2.75, 3.05) is 25.5 Å². The highest BCUT2D eigenvalue weighted by atomic mass is 16.5. The molecule has 1 rings (SSSR count). The average Bonchev–Trinajstić information content (AvgIpc) is 2.26. The van der Waals surface area contributed by atoms with Gasteiger partial charge in [0, 0.05) is 6.54 Å². The summed E-state index contributed by atoms with van der Waals surface area (Å²) in [6, 6.07) is 2.18. The molecule has 0 atom stereocenters. The molecule has 0 saturated carbocycles. The molecule has 0 bridgehead atoms. The summed E-state index contributed by atoms with van der Waals surface area (Å²) < 4.78 is 5.47. The normalized spacial score (nSPS) is 10.3. The number of aryl methyl sites for hydroxylation is 2.